The molecule has 2 aromatic rings. The molecule has 1 aliphatic heterocycles. The number of aromatic nitrogens is 3. The Hall–Kier alpha value is -1.85. The lowest BCUT2D eigenvalue weighted by Crippen LogP contribution is -2.26. The molecular formula is C19H27N5. The lowest BCUT2D eigenvalue weighted by Gasteiger charge is -2.26. The van der Waals surface area contributed by atoms with E-state index in [1.807, 2.05) is 26.2 Å². The van der Waals surface area contributed by atoms with Gasteiger partial charge >= 0.3 is 0 Å². The second-order valence-electron chi connectivity index (χ2n) is 7.00. The van der Waals surface area contributed by atoms with Crippen LogP contribution in [-0.2, 0) is 13.1 Å². The van der Waals surface area contributed by atoms with Crippen molar-refractivity contribution in [1.82, 2.24) is 24.8 Å². The van der Waals surface area contributed by atoms with Crippen LogP contribution in [0.5, 0.6) is 0 Å². The van der Waals surface area contributed by atoms with Crippen LogP contribution in [-0.4, -0.2) is 45.4 Å². The van der Waals surface area contributed by atoms with Gasteiger partial charge in [-0.2, -0.15) is 0 Å². The Morgan fingerprint density at radius 3 is 2.71 bits per heavy atom. The van der Waals surface area contributed by atoms with Crippen LogP contribution in [0.2, 0.25) is 0 Å². The first-order chi connectivity index (χ1) is 11.5. The van der Waals surface area contributed by atoms with E-state index in [2.05, 4.69) is 46.0 Å². The molecular weight excluding hydrogens is 298 g/mol. The first kappa shape index (κ1) is 17.0. The van der Waals surface area contributed by atoms with Crippen LogP contribution in [0.15, 0.2) is 24.5 Å². The summed E-state index contributed by atoms with van der Waals surface area (Å²) in [7, 11) is 4.18. The van der Waals surface area contributed by atoms with E-state index >= 15 is 0 Å². The van der Waals surface area contributed by atoms with Crippen molar-refractivity contribution in [3.05, 3.63) is 52.9 Å². The van der Waals surface area contributed by atoms with Crippen molar-refractivity contribution in [2.75, 3.05) is 20.6 Å². The maximum atomic E-state index is 4.82. The molecule has 0 radical (unpaired) electrons. The van der Waals surface area contributed by atoms with E-state index in [-0.39, 0.29) is 0 Å². The highest BCUT2D eigenvalue weighted by Crippen LogP contribution is 2.34. The zero-order valence-corrected chi connectivity index (χ0v) is 15.2. The largest absolute Gasteiger partial charge is 0.305 e. The summed E-state index contributed by atoms with van der Waals surface area (Å²) in [5.41, 5.74) is 4.78. The molecule has 1 unspecified atom stereocenters. The zero-order chi connectivity index (χ0) is 17.1. The lowest BCUT2D eigenvalue weighted by molar-refractivity contribution is 0.241. The SMILES string of the molecule is Cc1ccc(CN2CCCC2c2nc(C)ncc2CN(C)C)cn1. The minimum absolute atomic E-state index is 0.378. The minimum atomic E-state index is 0.378. The Morgan fingerprint density at radius 2 is 2.00 bits per heavy atom. The standard InChI is InChI=1S/C19H27N5/c1-14-7-8-16(10-20-14)12-24-9-5-6-18(24)19-17(13-23(3)4)11-21-15(2)22-19/h7-8,10-11,18H,5-6,9,12-13H2,1-4H3. The molecule has 0 bridgehead atoms. The summed E-state index contributed by atoms with van der Waals surface area (Å²) >= 11 is 0. The van der Waals surface area contributed by atoms with Gasteiger partial charge in [0.2, 0.25) is 0 Å². The van der Waals surface area contributed by atoms with Gasteiger partial charge in [-0.15, -0.1) is 0 Å². The number of aryl methyl sites for hydroxylation is 2. The molecule has 0 amide bonds. The molecule has 0 spiro atoms. The molecule has 1 fully saturated rings. The fourth-order valence-corrected chi connectivity index (χ4v) is 3.42. The van der Waals surface area contributed by atoms with Gasteiger partial charge in [-0.1, -0.05) is 6.07 Å². The summed E-state index contributed by atoms with van der Waals surface area (Å²) in [4.78, 5) is 18.4. The molecule has 128 valence electrons. The molecule has 0 N–H and O–H groups in total. The first-order valence-corrected chi connectivity index (χ1v) is 8.65. The normalized spacial score (nSPS) is 18.5. The Bertz CT molecular complexity index is 681. The topological polar surface area (TPSA) is 45.2 Å². The average Bonchev–Trinajstić information content (AvgIpc) is 2.99. The van der Waals surface area contributed by atoms with Crippen molar-refractivity contribution in [2.45, 2.75) is 45.8 Å². The van der Waals surface area contributed by atoms with E-state index < -0.39 is 0 Å². The van der Waals surface area contributed by atoms with Gasteiger partial charge in [-0.25, -0.2) is 9.97 Å². The maximum absolute atomic E-state index is 4.82. The molecule has 0 saturated carbocycles. The summed E-state index contributed by atoms with van der Waals surface area (Å²) < 4.78 is 0. The summed E-state index contributed by atoms with van der Waals surface area (Å²) in [6, 6.07) is 4.65. The molecule has 2 aromatic heterocycles. The van der Waals surface area contributed by atoms with Gasteiger partial charge in [0.05, 0.1) is 11.7 Å². The molecule has 5 heteroatoms. The molecule has 24 heavy (non-hydrogen) atoms. The van der Waals surface area contributed by atoms with E-state index in [1.54, 1.807) is 0 Å². The van der Waals surface area contributed by atoms with E-state index in [1.165, 1.54) is 23.2 Å². The lowest BCUT2D eigenvalue weighted by atomic mass is 10.0. The van der Waals surface area contributed by atoms with Crippen molar-refractivity contribution in [2.24, 2.45) is 0 Å². The average molecular weight is 325 g/mol. The second kappa shape index (κ2) is 7.36. The van der Waals surface area contributed by atoms with Crippen molar-refractivity contribution in [1.29, 1.82) is 0 Å². The smallest absolute Gasteiger partial charge is 0.125 e. The second-order valence-corrected chi connectivity index (χ2v) is 7.00. The molecule has 1 aliphatic rings. The Labute approximate surface area is 144 Å². The highest BCUT2D eigenvalue weighted by Gasteiger charge is 2.29. The van der Waals surface area contributed by atoms with Crippen molar-refractivity contribution in [3.8, 4) is 0 Å². The fourth-order valence-electron chi connectivity index (χ4n) is 3.42. The quantitative estimate of drug-likeness (QED) is 0.846. The predicted molar refractivity (Wildman–Crippen MR) is 95.5 cm³/mol. The van der Waals surface area contributed by atoms with Gasteiger partial charge in [0.25, 0.3) is 0 Å². The van der Waals surface area contributed by atoms with Crippen LogP contribution in [0.25, 0.3) is 0 Å². The number of hydrogen-bond acceptors (Lipinski definition) is 5. The third kappa shape index (κ3) is 3.97. The van der Waals surface area contributed by atoms with E-state index in [9.17, 15) is 0 Å². The molecule has 1 atom stereocenters. The molecule has 0 aromatic carbocycles. The molecule has 5 nitrogen and oxygen atoms in total. The summed E-state index contributed by atoms with van der Waals surface area (Å²) in [6.07, 6.45) is 6.38. The van der Waals surface area contributed by atoms with E-state index in [0.29, 0.717) is 6.04 Å². The maximum Gasteiger partial charge on any atom is 0.125 e. The van der Waals surface area contributed by atoms with Crippen LogP contribution in [0.1, 0.15) is 47.2 Å². The molecule has 0 aliphatic carbocycles. The summed E-state index contributed by atoms with van der Waals surface area (Å²) in [5, 5.41) is 0. The van der Waals surface area contributed by atoms with Gasteiger partial charge in [-0.05, 0) is 59.0 Å². The molecule has 1 saturated heterocycles. The minimum Gasteiger partial charge on any atom is -0.305 e. The van der Waals surface area contributed by atoms with Crippen molar-refractivity contribution < 1.29 is 0 Å². The van der Waals surface area contributed by atoms with Gasteiger partial charge < -0.3 is 4.90 Å². The Kier molecular flexibility index (Phi) is 5.21. The van der Waals surface area contributed by atoms with Crippen LogP contribution >= 0.6 is 0 Å². The Morgan fingerprint density at radius 1 is 1.17 bits per heavy atom. The van der Waals surface area contributed by atoms with E-state index in [4.69, 9.17) is 4.98 Å². The summed E-state index contributed by atoms with van der Waals surface area (Å²) in [5.74, 6) is 0.858. The number of pyridine rings is 1. The highest BCUT2D eigenvalue weighted by atomic mass is 15.2. The van der Waals surface area contributed by atoms with Crippen LogP contribution in [0, 0.1) is 13.8 Å². The molecule has 3 heterocycles. The highest BCUT2D eigenvalue weighted by molar-refractivity contribution is 5.23. The van der Waals surface area contributed by atoms with Crippen LogP contribution < -0.4 is 0 Å². The van der Waals surface area contributed by atoms with Crippen LogP contribution in [0.4, 0.5) is 0 Å². The van der Waals surface area contributed by atoms with Gasteiger partial charge in [-0.3, -0.25) is 9.88 Å². The number of likely N-dealkylation sites (tertiary alicyclic amines) is 1. The van der Waals surface area contributed by atoms with Crippen molar-refractivity contribution >= 4 is 0 Å². The first-order valence-electron chi connectivity index (χ1n) is 8.65. The zero-order valence-electron chi connectivity index (χ0n) is 15.2. The van der Waals surface area contributed by atoms with Crippen LogP contribution in [0.3, 0.4) is 0 Å². The third-order valence-electron chi connectivity index (χ3n) is 4.54. The summed E-state index contributed by atoms with van der Waals surface area (Å²) in [6.45, 7) is 6.93. The third-order valence-corrected chi connectivity index (χ3v) is 4.54. The van der Waals surface area contributed by atoms with Crippen molar-refractivity contribution in [3.63, 3.8) is 0 Å². The number of nitrogens with zero attached hydrogens (tertiary/aromatic N) is 5. The van der Waals surface area contributed by atoms with E-state index in [0.717, 1.165) is 37.6 Å². The Balaban J connectivity index is 1.84. The van der Waals surface area contributed by atoms with Gasteiger partial charge in [0.15, 0.2) is 0 Å². The number of hydrogen-bond donors (Lipinski definition) is 0. The van der Waals surface area contributed by atoms with Gasteiger partial charge in [0, 0.05) is 36.7 Å². The monoisotopic (exact) mass is 325 g/mol. The molecule has 3 rings (SSSR count). The predicted octanol–water partition coefficient (Wildman–Crippen LogP) is 2.89. The van der Waals surface area contributed by atoms with Gasteiger partial charge in [0.1, 0.15) is 5.82 Å². The number of rotatable bonds is 5. The fraction of sp³-hybridized carbons (Fsp3) is 0.526.